The fourth-order valence-electron chi connectivity index (χ4n) is 6.43. The molecule has 2 aliphatic carbocycles. The molecular weight excluding hydrogens is 424 g/mol. The highest BCUT2D eigenvalue weighted by Crippen LogP contribution is 2.67. The van der Waals surface area contributed by atoms with Crippen molar-refractivity contribution in [3.05, 3.63) is 36.5 Å². The van der Waals surface area contributed by atoms with Gasteiger partial charge in [0.15, 0.2) is 6.29 Å². The fraction of sp³-hybridized carbons (Fsp3) is 0.692. The summed E-state index contributed by atoms with van der Waals surface area (Å²) in [5.41, 5.74) is 0.840. The van der Waals surface area contributed by atoms with E-state index in [0.29, 0.717) is 6.42 Å². The third-order valence-corrected chi connectivity index (χ3v) is 8.19. The number of rotatable bonds is 8. The van der Waals surface area contributed by atoms with Gasteiger partial charge in [0, 0.05) is 33.6 Å². The Morgan fingerprint density at radius 2 is 1.85 bits per heavy atom. The Hall–Kier alpha value is -1.96. The van der Waals surface area contributed by atoms with Crippen LogP contribution in [0.15, 0.2) is 36.5 Å². The van der Waals surface area contributed by atoms with Gasteiger partial charge in [-0.2, -0.15) is 0 Å². The van der Waals surface area contributed by atoms with Crippen LogP contribution in [0.1, 0.15) is 53.4 Å². The van der Waals surface area contributed by atoms with Crippen molar-refractivity contribution in [2.75, 3.05) is 14.2 Å². The van der Waals surface area contributed by atoms with Crippen molar-refractivity contribution in [2.24, 2.45) is 22.7 Å². The van der Waals surface area contributed by atoms with Gasteiger partial charge in [-0.1, -0.05) is 38.7 Å². The summed E-state index contributed by atoms with van der Waals surface area (Å²) in [6.07, 6.45) is 4.40. The summed E-state index contributed by atoms with van der Waals surface area (Å²) in [7, 11) is 3.24. The van der Waals surface area contributed by atoms with Crippen molar-refractivity contribution in [2.45, 2.75) is 78.2 Å². The van der Waals surface area contributed by atoms with E-state index in [9.17, 15) is 9.59 Å². The second-order valence-electron chi connectivity index (χ2n) is 9.87. The van der Waals surface area contributed by atoms with Gasteiger partial charge < -0.3 is 23.7 Å². The van der Waals surface area contributed by atoms with E-state index in [0.717, 1.165) is 30.4 Å². The molecule has 0 N–H and O–H groups in total. The summed E-state index contributed by atoms with van der Waals surface area (Å²) in [6, 6.07) is 0. The molecule has 8 atom stereocenters. The number of carbonyl (C=O) groups excluding carboxylic acids is 2. The maximum absolute atomic E-state index is 12.1. The van der Waals surface area contributed by atoms with Gasteiger partial charge in [0.2, 0.25) is 6.29 Å². The fourth-order valence-corrected chi connectivity index (χ4v) is 6.43. The minimum Gasteiger partial charge on any atom is -0.458 e. The van der Waals surface area contributed by atoms with Gasteiger partial charge in [-0.05, 0) is 49.0 Å². The Kier molecular flexibility index (Phi) is 7.56. The van der Waals surface area contributed by atoms with Crippen molar-refractivity contribution in [3.8, 4) is 0 Å². The van der Waals surface area contributed by atoms with Gasteiger partial charge >= 0.3 is 11.9 Å². The molecule has 184 valence electrons. The van der Waals surface area contributed by atoms with E-state index in [2.05, 4.69) is 27.0 Å². The largest absolute Gasteiger partial charge is 0.458 e. The lowest BCUT2D eigenvalue weighted by Crippen LogP contribution is -2.63. The van der Waals surface area contributed by atoms with Crippen molar-refractivity contribution < 1.29 is 33.3 Å². The topological polar surface area (TPSA) is 80.3 Å². The van der Waals surface area contributed by atoms with Gasteiger partial charge in [-0.15, -0.1) is 0 Å². The first-order chi connectivity index (χ1) is 15.5. The van der Waals surface area contributed by atoms with E-state index >= 15 is 0 Å². The SMILES string of the molecule is C=CC(=C)CC[C@]1(C)[C@H](C)C[C@H](OC)[C@@]23C(=C[C@@H](OC(C)=O)C[C@@H]12)[C@@H](OC)O[C@H]3OC(C)=O. The summed E-state index contributed by atoms with van der Waals surface area (Å²) in [6.45, 7) is 15.3. The summed E-state index contributed by atoms with van der Waals surface area (Å²) < 4.78 is 29.5. The number of hydrogen-bond acceptors (Lipinski definition) is 7. The smallest absolute Gasteiger partial charge is 0.304 e. The number of esters is 2. The van der Waals surface area contributed by atoms with Crippen LogP contribution in [0.2, 0.25) is 0 Å². The van der Waals surface area contributed by atoms with Crippen molar-refractivity contribution in [3.63, 3.8) is 0 Å². The number of carbonyl (C=O) groups is 2. The van der Waals surface area contributed by atoms with E-state index in [1.54, 1.807) is 20.3 Å². The number of hydrogen-bond donors (Lipinski definition) is 0. The van der Waals surface area contributed by atoms with Crippen molar-refractivity contribution >= 4 is 11.9 Å². The first kappa shape index (κ1) is 25.7. The molecule has 3 aliphatic rings. The molecule has 0 aromatic rings. The average Bonchev–Trinajstić information content (AvgIpc) is 3.06. The van der Waals surface area contributed by atoms with Gasteiger partial charge in [0.1, 0.15) is 6.10 Å². The van der Waals surface area contributed by atoms with E-state index < -0.39 is 30.1 Å². The van der Waals surface area contributed by atoms with Gasteiger partial charge in [-0.25, -0.2) is 0 Å². The Labute approximate surface area is 197 Å². The zero-order valence-electron chi connectivity index (χ0n) is 20.7. The molecule has 0 unspecified atom stereocenters. The van der Waals surface area contributed by atoms with E-state index in [-0.39, 0.29) is 29.3 Å². The Morgan fingerprint density at radius 1 is 1.18 bits per heavy atom. The average molecular weight is 463 g/mol. The zero-order valence-corrected chi connectivity index (χ0v) is 20.7. The molecule has 3 rings (SSSR count). The molecule has 0 radical (unpaired) electrons. The second-order valence-corrected chi connectivity index (χ2v) is 9.87. The van der Waals surface area contributed by atoms with Crippen LogP contribution in [0.3, 0.4) is 0 Å². The molecule has 7 nitrogen and oxygen atoms in total. The molecule has 33 heavy (non-hydrogen) atoms. The number of ether oxygens (including phenoxy) is 5. The first-order valence-electron chi connectivity index (χ1n) is 11.6. The van der Waals surface area contributed by atoms with Gasteiger partial charge in [-0.3, -0.25) is 9.59 Å². The highest BCUT2D eigenvalue weighted by atomic mass is 16.8. The van der Waals surface area contributed by atoms with E-state index in [1.165, 1.54) is 13.8 Å². The van der Waals surface area contributed by atoms with Crippen LogP contribution in [0.4, 0.5) is 0 Å². The molecule has 0 aromatic carbocycles. The van der Waals surface area contributed by atoms with Gasteiger partial charge in [0.05, 0.1) is 11.5 Å². The normalized spacial score (nSPS) is 39.6. The summed E-state index contributed by atoms with van der Waals surface area (Å²) >= 11 is 0. The van der Waals surface area contributed by atoms with E-state index in [1.807, 2.05) is 6.08 Å². The monoisotopic (exact) mass is 462 g/mol. The summed E-state index contributed by atoms with van der Waals surface area (Å²) in [5.74, 6) is -0.554. The lowest BCUT2D eigenvalue weighted by Gasteiger charge is -2.61. The molecule has 1 spiro atoms. The molecular formula is C26H38O7. The molecule has 1 aliphatic heterocycles. The van der Waals surface area contributed by atoms with Crippen molar-refractivity contribution in [1.29, 1.82) is 0 Å². The Bertz CT molecular complexity index is 832. The maximum Gasteiger partial charge on any atom is 0.304 e. The Balaban J connectivity index is 2.21. The van der Waals surface area contributed by atoms with Crippen LogP contribution in [-0.2, 0) is 33.3 Å². The van der Waals surface area contributed by atoms with Crippen LogP contribution < -0.4 is 0 Å². The lowest BCUT2D eigenvalue weighted by molar-refractivity contribution is -0.258. The predicted octanol–water partition coefficient (Wildman–Crippen LogP) is 4.33. The van der Waals surface area contributed by atoms with Crippen LogP contribution in [0, 0.1) is 22.7 Å². The maximum atomic E-state index is 12.1. The highest BCUT2D eigenvalue weighted by molar-refractivity contribution is 5.67. The van der Waals surface area contributed by atoms with Crippen molar-refractivity contribution in [1.82, 2.24) is 0 Å². The molecule has 1 saturated heterocycles. The third kappa shape index (κ3) is 4.31. The molecule has 1 saturated carbocycles. The first-order valence-corrected chi connectivity index (χ1v) is 11.6. The third-order valence-electron chi connectivity index (χ3n) is 8.19. The standard InChI is InChI=1S/C26H38O7/c1-9-15(2)10-11-25(6)16(3)12-22(29-7)26-20(13-19(14-21(25)26)31-17(4)27)23(30-8)33-24(26)32-18(5)28/h9,13,16,19,21-24H,1-2,10-12,14H2,3-8H3/t16-,19-,21+,22+,23+,24-,25-,26-/m1/s1. The quantitative estimate of drug-likeness (QED) is 0.302. The van der Waals surface area contributed by atoms with E-state index in [4.69, 9.17) is 23.7 Å². The lowest BCUT2D eigenvalue weighted by atomic mass is 9.45. The molecule has 7 heteroatoms. The van der Waals surface area contributed by atoms with Crippen LogP contribution in [0.25, 0.3) is 0 Å². The Morgan fingerprint density at radius 3 is 2.39 bits per heavy atom. The van der Waals surface area contributed by atoms with Gasteiger partial charge in [0.25, 0.3) is 0 Å². The summed E-state index contributed by atoms with van der Waals surface area (Å²) in [5, 5.41) is 0. The molecule has 1 heterocycles. The highest BCUT2D eigenvalue weighted by Gasteiger charge is 2.71. The second kappa shape index (κ2) is 9.72. The van der Waals surface area contributed by atoms with Crippen LogP contribution >= 0.6 is 0 Å². The molecule has 2 fully saturated rings. The molecule has 0 amide bonds. The van der Waals surface area contributed by atoms with Crippen LogP contribution in [0.5, 0.6) is 0 Å². The molecule has 0 bridgehead atoms. The minimum atomic E-state index is -0.867. The summed E-state index contributed by atoms with van der Waals surface area (Å²) in [4.78, 5) is 24.0. The van der Waals surface area contributed by atoms with Crippen LogP contribution in [-0.4, -0.2) is 50.9 Å². The molecule has 0 aromatic heterocycles. The predicted molar refractivity (Wildman–Crippen MR) is 123 cm³/mol. The number of methoxy groups -OCH3 is 2. The minimum absolute atomic E-state index is 0.0647. The number of allylic oxidation sites excluding steroid dienone is 2. The zero-order chi connectivity index (χ0) is 24.6.